The van der Waals surface area contributed by atoms with Crippen molar-refractivity contribution in [2.24, 2.45) is 0 Å². The number of H-pyrrole nitrogens is 1. The fourth-order valence-corrected chi connectivity index (χ4v) is 3.62. The van der Waals surface area contributed by atoms with Gasteiger partial charge >= 0.3 is 0 Å². The van der Waals surface area contributed by atoms with Gasteiger partial charge in [0.05, 0.1) is 5.75 Å². The highest BCUT2D eigenvalue weighted by molar-refractivity contribution is 7.99. The Balaban J connectivity index is 1.54. The molecule has 1 aromatic heterocycles. The summed E-state index contributed by atoms with van der Waals surface area (Å²) in [6, 6.07) is 6.13. The number of hydrogen-bond donors (Lipinski definition) is 2. The average molecular weight is 374 g/mol. The Bertz CT molecular complexity index is 774. The van der Waals surface area contributed by atoms with E-state index in [4.69, 9.17) is 0 Å². The fraction of sp³-hybridized carbons (Fsp3) is 0.526. The van der Waals surface area contributed by atoms with E-state index in [1.807, 2.05) is 12.1 Å². The standard InChI is InChI=1S/C19H27N5OS/c1-13-11-14(7-8-15(13)24-9-5-6-10-24)20-16(25)12-26-18-21-17(22-23-18)19(2,3)4/h7-8,11H,5-6,9-10,12H2,1-4H3,(H,20,25)(H,21,22,23). The smallest absolute Gasteiger partial charge is 0.234 e. The van der Waals surface area contributed by atoms with Crippen LogP contribution in [-0.4, -0.2) is 39.9 Å². The van der Waals surface area contributed by atoms with Crippen LogP contribution in [0.25, 0.3) is 0 Å². The molecule has 2 aromatic rings. The number of aryl methyl sites for hydroxylation is 1. The van der Waals surface area contributed by atoms with Crippen LogP contribution in [0.5, 0.6) is 0 Å². The Morgan fingerprint density at radius 3 is 2.65 bits per heavy atom. The molecule has 26 heavy (non-hydrogen) atoms. The highest BCUT2D eigenvalue weighted by Crippen LogP contribution is 2.27. The van der Waals surface area contributed by atoms with Gasteiger partial charge in [-0.1, -0.05) is 32.5 Å². The molecule has 1 aliphatic rings. The van der Waals surface area contributed by atoms with E-state index in [0.717, 1.165) is 24.6 Å². The summed E-state index contributed by atoms with van der Waals surface area (Å²) in [4.78, 5) is 19.1. The van der Waals surface area contributed by atoms with Crippen molar-refractivity contribution < 1.29 is 4.79 Å². The lowest BCUT2D eigenvalue weighted by atomic mass is 9.96. The number of amides is 1. The molecular weight excluding hydrogens is 346 g/mol. The van der Waals surface area contributed by atoms with Gasteiger partial charge in [-0.3, -0.25) is 9.89 Å². The van der Waals surface area contributed by atoms with Crippen LogP contribution in [0.2, 0.25) is 0 Å². The third kappa shape index (κ3) is 4.58. The second-order valence-corrected chi connectivity index (χ2v) is 8.69. The summed E-state index contributed by atoms with van der Waals surface area (Å²) in [6.07, 6.45) is 2.51. The number of nitrogens with zero attached hydrogens (tertiary/aromatic N) is 3. The summed E-state index contributed by atoms with van der Waals surface area (Å²) in [7, 11) is 0. The van der Waals surface area contributed by atoms with Gasteiger partial charge in [0.15, 0.2) is 0 Å². The first-order chi connectivity index (χ1) is 12.3. The van der Waals surface area contributed by atoms with Crippen LogP contribution in [-0.2, 0) is 10.2 Å². The number of hydrogen-bond acceptors (Lipinski definition) is 5. The quantitative estimate of drug-likeness (QED) is 0.781. The summed E-state index contributed by atoms with van der Waals surface area (Å²) in [6.45, 7) is 10.6. The minimum atomic E-state index is -0.0807. The van der Waals surface area contributed by atoms with E-state index in [2.05, 4.69) is 59.2 Å². The lowest BCUT2D eigenvalue weighted by Crippen LogP contribution is -2.19. The van der Waals surface area contributed by atoms with Crippen LogP contribution < -0.4 is 10.2 Å². The monoisotopic (exact) mass is 373 g/mol. The van der Waals surface area contributed by atoms with Crippen molar-refractivity contribution in [3.05, 3.63) is 29.6 Å². The number of carbonyl (C=O) groups is 1. The van der Waals surface area contributed by atoms with E-state index >= 15 is 0 Å². The number of anilines is 2. The van der Waals surface area contributed by atoms with Gasteiger partial charge in [-0.15, -0.1) is 5.10 Å². The molecule has 0 atom stereocenters. The Labute approximate surface area is 159 Å². The molecule has 0 radical (unpaired) electrons. The molecule has 1 aromatic carbocycles. The number of rotatable bonds is 5. The van der Waals surface area contributed by atoms with Gasteiger partial charge in [-0.05, 0) is 43.5 Å². The van der Waals surface area contributed by atoms with Crippen LogP contribution in [0.15, 0.2) is 23.4 Å². The topological polar surface area (TPSA) is 73.9 Å². The van der Waals surface area contributed by atoms with E-state index in [1.54, 1.807) is 0 Å². The summed E-state index contributed by atoms with van der Waals surface area (Å²) >= 11 is 1.34. The van der Waals surface area contributed by atoms with Crippen molar-refractivity contribution in [1.29, 1.82) is 0 Å². The summed E-state index contributed by atoms with van der Waals surface area (Å²) in [5.74, 6) is 1.06. The number of nitrogens with one attached hydrogen (secondary N) is 2. The zero-order valence-corrected chi connectivity index (χ0v) is 16.7. The molecule has 140 valence electrons. The molecule has 0 aliphatic carbocycles. The van der Waals surface area contributed by atoms with Crippen molar-refractivity contribution in [1.82, 2.24) is 15.2 Å². The molecule has 6 nitrogen and oxygen atoms in total. The van der Waals surface area contributed by atoms with Crippen LogP contribution in [0.4, 0.5) is 11.4 Å². The minimum Gasteiger partial charge on any atom is -0.371 e. The van der Waals surface area contributed by atoms with Gasteiger partial charge in [-0.2, -0.15) is 0 Å². The minimum absolute atomic E-state index is 0.0505. The van der Waals surface area contributed by atoms with Gasteiger partial charge in [0.25, 0.3) is 0 Å². The second kappa shape index (κ2) is 7.70. The second-order valence-electron chi connectivity index (χ2n) is 7.75. The third-order valence-electron chi connectivity index (χ3n) is 4.43. The first-order valence-electron chi connectivity index (χ1n) is 9.04. The van der Waals surface area contributed by atoms with Crippen molar-refractivity contribution >= 4 is 29.0 Å². The molecule has 7 heteroatoms. The first kappa shape index (κ1) is 18.8. The molecule has 1 saturated heterocycles. The van der Waals surface area contributed by atoms with Gasteiger partial charge < -0.3 is 10.2 Å². The van der Waals surface area contributed by atoms with E-state index in [0.29, 0.717) is 5.16 Å². The number of carbonyl (C=O) groups excluding carboxylic acids is 1. The van der Waals surface area contributed by atoms with E-state index < -0.39 is 0 Å². The maximum atomic E-state index is 12.2. The van der Waals surface area contributed by atoms with Crippen molar-refractivity contribution in [3.8, 4) is 0 Å². The van der Waals surface area contributed by atoms with Gasteiger partial charge in [0.1, 0.15) is 5.82 Å². The van der Waals surface area contributed by atoms with Gasteiger partial charge in [0.2, 0.25) is 11.1 Å². The zero-order chi connectivity index (χ0) is 18.7. The molecule has 0 saturated carbocycles. The Hall–Kier alpha value is -2.02. The van der Waals surface area contributed by atoms with E-state index in [9.17, 15) is 4.79 Å². The molecule has 2 heterocycles. The molecule has 1 fully saturated rings. The molecule has 0 unspecified atom stereocenters. The summed E-state index contributed by atoms with van der Waals surface area (Å²) in [5, 5.41) is 10.7. The predicted molar refractivity (Wildman–Crippen MR) is 107 cm³/mol. The van der Waals surface area contributed by atoms with Crippen LogP contribution >= 0.6 is 11.8 Å². The fourth-order valence-electron chi connectivity index (χ4n) is 3.02. The molecule has 0 bridgehead atoms. The van der Waals surface area contributed by atoms with Crippen molar-refractivity contribution in [3.63, 3.8) is 0 Å². The van der Waals surface area contributed by atoms with Crippen LogP contribution in [0, 0.1) is 6.92 Å². The molecular formula is C19H27N5OS. The van der Waals surface area contributed by atoms with Crippen LogP contribution in [0.3, 0.4) is 0 Å². The number of thioether (sulfide) groups is 1. The Morgan fingerprint density at radius 2 is 2.04 bits per heavy atom. The Kier molecular flexibility index (Phi) is 5.55. The number of benzene rings is 1. The van der Waals surface area contributed by atoms with Gasteiger partial charge in [-0.25, -0.2) is 4.98 Å². The van der Waals surface area contributed by atoms with Gasteiger partial charge in [0, 0.05) is 29.9 Å². The lowest BCUT2D eigenvalue weighted by molar-refractivity contribution is -0.113. The third-order valence-corrected chi connectivity index (χ3v) is 5.28. The first-order valence-corrected chi connectivity index (χ1v) is 10.0. The highest BCUT2D eigenvalue weighted by atomic mass is 32.2. The average Bonchev–Trinajstić information content (AvgIpc) is 3.24. The molecule has 1 aliphatic heterocycles. The SMILES string of the molecule is Cc1cc(NC(=O)CSc2n[nH]c(C(C)(C)C)n2)ccc1N1CCCC1. The maximum absolute atomic E-state index is 12.2. The molecule has 2 N–H and O–H groups in total. The Morgan fingerprint density at radius 1 is 1.31 bits per heavy atom. The molecule has 1 amide bonds. The van der Waals surface area contributed by atoms with E-state index in [-0.39, 0.29) is 17.1 Å². The largest absolute Gasteiger partial charge is 0.371 e. The molecule has 0 spiro atoms. The van der Waals surface area contributed by atoms with Crippen LogP contribution in [0.1, 0.15) is 45.0 Å². The summed E-state index contributed by atoms with van der Waals surface area (Å²) < 4.78 is 0. The summed E-state index contributed by atoms with van der Waals surface area (Å²) in [5.41, 5.74) is 3.22. The van der Waals surface area contributed by atoms with E-state index in [1.165, 1.54) is 35.9 Å². The predicted octanol–water partition coefficient (Wildman–Crippen LogP) is 3.74. The highest BCUT2D eigenvalue weighted by Gasteiger charge is 2.19. The lowest BCUT2D eigenvalue weighted by Gasteiger charge is -2.20. The van der Waals surface area contributed by atoms with Crippen molar-refractivity contribution in [2.45, 2.75) is 51.1 Å². The number of aromatic amines is 1. The maximum Gasteiger partial charge on any atom is 0.234 e. The zero-order valence-electron chi connectivity index (χ0n) is 15.9. The normalized spacial score (nSPS) is 14.7. The number of aromatic nitrogens is 3. The molecule has 3 rings (SSSR count). The van der Waals surface area contributed by atoms with Crippen molar-refractivity contribution in [2.75, 3.05) is 29.1 Å².